The zero-order chi connectivity index (χ0) is 18.7. The van der Waals surface area contributed by atoms with Gasteiger partial charge in [0.2, 0.25) is 11.6 Å². The number of nitrogens with zero attached hydrogens (tertiary/aromatic N) is 4. The van der Waals surface area contributed by atoms with E-state index >= 15 is 0 Å². The van der Waals surface area contributed by atoms with Crippen molar-refractivity contribution in [1.29, 1.82) is 0 Å². The molecule has 3 rings (SSSR count). The minimum Gasteiger partial charge on any atom is -0.461 e. The highest BCUT2D eigenvalue weighted by Gasteiger charge is 2.20. The topological polar surface area (TPSA) is 116 Å². The molecule has 2 heterocycles. The molecule has 0 bridgehead atoms. The Morgan fingerprint density at radius 3 is 2.92 bits per heavy atom. The van der Waals surface area contributed by atoms with Crippen LogP contribution in [0.25, 0.3) is 10.9 Å². The second-order valence-corrected chi connectivity index (χ2v) is 6.12. The smallest absolute Gasteiger partial charge is 0.362 e. The molecule has 0 aliphatic rings. The summed E-state index contributed by atoms with van der Waals surface area (Å²) in [5.41, 5.74) is 1.10. The van der Waals surface area contributed by atoms with Crippen molar-refractivity contribution in [2.75, 3.05) is 11.9 Å². The molecular weight excluding hydrogens is 358 g/mol. The van der Waals surface area contributed by atoms with Crippen molar-refractivity contribution < 1.29 is 14.3 Å². The maximum absolute atomic E-state index is 12.5. The Balaban J connectivity index is 1.81. The maximum atomic E-state index is 12.5. The molecule has 9 nitrogen and oxygen atoms in total. The lowest BCUT2D eigenvalue weighted by molar-refractivity contribution is -0.116. The van der Waals surface area contributed by atoms with Crippen molar-refractivity contribution in [3.63, 3.8) is 0 Å². The van der Waals surface area contributed by atoms with Gasteiger partial charge in [0.05, 0.1) is 23.8 Å². The Hall–Kier alpha value is -3.14. The highest BCUT2D eigenvalue weighted by atomic mass is 32.1. The second-order valence-electron chi connectivity index (χ2n) is 5.37. The van der Waals surface area contributed by atoms with Gasteiger partial charge in [-0.3, -0.25) is 14.2 Å². The number of rotatable bonds is 5. The van der Waals surface area contributed by atoms with E-state index in [1.807, 2.05) is 13.0 Å². The van der Waals surface area contributed by atoms with Gasteiger partial charge in [0, 0.05) is 11.5 Å². The van der Waals surface area contributed by atoms with E-state index < -0.39 is 11.9 Å². The SMILES string of the molecule is CCOC(=O)c1nnsc1NC(=O)Cn1cnc2c(C)cccc2c1=O. The third-order valence-electron chi connectivity index (χ3n) is 3.58. The van der Waals surface area contributed by atoms with Crippen LogP contribution in [0.2, 0.25) is 0 Å². The lowest BCUT2D eigenvalue weighted by Crippen LogP contribution is -2.28. The van der Waals surface area contributed by atoms with Crippen LogP contribution in [0.1, 0.15) is 23.0 Å². The van der Waals surface area contributed by atoms with Crippen LogP contribution in [0.4, 0.5) is 5.00 Å². The lowest BCUT2D eigenvalue weighted by atomic mass is 10.1. The number of hydrogen-bond acceptors (Lipinski definition) is 8. The van der Waals surface area contributed by atoms with Crippen molar-refractivity contribution in [2.45, 2.75) is 20.4 Å². The first-order chi connectivity index (χ1) is 12.5. The first-order valence-corrected chi connectivity index (χ1v) is 8.52. The van der Waals surface area contributed by atoms with Gasteiger partial charge < -0.3 is 10.1 Å². The molecule has 2 aromatic heterocycles. The molecule has 134 valence electrons. The number of aryl methyl sites for hydroxylation is 1. The van der Waals surface area contributed by atoms with Crippen molar-refractivity contribution in [3.8, 4) is 0 Å². The van der Waals surface area contributed by atoms with E-state index in [1.54, 1.807) is 19.1 Å². The number of para-hydroxylation sites is 1. The van der Waals surface area contributed by atoms with Crippen LogP contribution in [-0.4, -0.2) is 37.6 Å². The van der Waals surface area contributed by atoms with Crippen molar-refractivity contribution in [3.05, 3.63) is 46.1 Å². The van der Waals surface area contributed by atoms with Gasteiger partial charge in [-0.15, -0.1) is 5.10 Å². The number of esters is 1. The van der Waals surface area contributed by atoms with E-state index in [0.717, 1.165) is 17.1 Å². The molecule has 0 radical (unpaired) electrons. The quantitative estimate of drug-likeness (QED) is 0.671. The van der Waals surface area contributed by atoms with E-state index in [1.165, 1.54) is 10.9 Å². The molecule has 0 unspecified atom stereocenters. The standard InChI is InChI=1S/C16H15N5O4S/c1-3-25-16(24)13-14(26-20-19-13)18-11(22)7-21-8-17-12-9(2)5-4-6-10(12)15(21)23/h4-6,8H,3,7H2,1-2H3,(H,18,22). The van der Waals surface area contributed by atoms with Crippen LogP contribution >= 0.6 is 11.5 Å². The molecule has 1 N–H and O–H groups in total. The summed E-state index contributed by atoms with van der Waals surface area (Å²) in [5.74, 6) is -1.17. The molecule has 1 aromatic carbocycles. The molecule has 0 aliphatic carbocycles. The summed E-state index contributed by atoms with van der Waals surface area (Å²) >= 11 is 0.854. The molecule has 0 spiro atoms. The summed E-state index contributed by atoms with van der Waals surface area (Å²) < 4.78 is 9.71. The fourth-order valence-corrected chi connectivity index (χ4v) is 2.95. The van der Waals surface area contributed by atoms with Gasteiger partial charge in [0.15, 0.2) is 5.00 Å². The summed E-state index contributed by atoms with van der Waals surface area (Å²) in [6, 6.07) is 5.29. The number of anilines is 1. The minimum atomic E-state index is -0.670. The predicted molar refractivity (Wildman–Crippen MR) is 95.2 cm³/mol. The molecular formula is C16H15N5O4S. The normalized spacial score (nSPS) is 10.7. The first-order valence-electron chi connectivity index (χ1n) is 7.75. The largest absolute Gasteiger partial charge is 0.461 e. The van der Waals surface area contributed by atoms with Crippen LogP contribution < -0.4 is 10.9 Å². The molecule has 1 amide bonds. The van der Waals surface area contributed by atoms with E-state index in [0.29, 0.717) is 10.9 Å². The number of nitrogens with one attached hydrogen (secondary N) is 1. The van der Waals surface area contributed by atoms with Crippen LogP contribution in [0, 0.1) is 6.92 Å². The van der Waals surface area contributed by atoms with Gasteiger partial charge in [-0.05, 0) is 25.5 Å². The summed E-state index contributed by atoms with van der Waals surface area (Å²) in [6.45, 7) is 3.45. The van der Waals surface area contributed by atoms with Crippen LogP contribution in [0.3, 0.4) is 0 Å². The monoisotopic (exact) mass is 373 g/mol. The number of carbonyl (C=O) groups excluding carboxylic acids is 2. The Labute approximate surface area is 151 Å². The van der Waals surface area contributed by atoms with Gasteiger partial charge in [0.1, 0.15) is 6.54 Å². The zero-order valence-corrected chi connectivity index (χ0v) is 14.9. The average Bonchev–Trinajstić information content (AvgIpc) is 3.06. The summed E-state index contributed by atoms with van der Waals surface area (Å²) in [6.07, 6.45) is 1.33. The van der Waals surface area contributed by atoms with E-state index in [-0.39, 0.29) is 29.4 Å². The number of carbonyl (C=O) groups is 2. The highest BCUT2D eigenvalue weighted by molar-refractivity contribution is 7.10. The number of benzene rings is 1. The Morgan fingerprint density at radius 2 is 2.15 bits per heavy atom. The molecule has 0 fully saturated rings. The average molecular weight is 373 g/mol. The molecule has 0 atom stereocenters. The fourth-order valence-electron chi connectivity index (χ4n) is 2.38. The van der Waals surface area contributed by atoms with Crippen molar-refractivity contribution >= 4 is 39.3 Å². The summed E-state index contributed by atoms with van der Waals surface area (Å²) in [4.78, 5) is 40.8. The van der Waals surface area contributed by atoms with Crippen molar-refractivity contribution in [1.82, 2.24) is 19.1 Å². The Bertz CT molecular complexity index is 1040. The molecule has 0 saturated carbocycles. The molecule has 3 aromatic rings. The minimum absolute atomic E-state index is 0.0650. The zero-order valence-electron chi connectivity index (χ0n) is 14.1. The molecule has 26 heavy (non-hydrogen) atoms. The van der Waals surface area contributed by atoms with Gasteiger partial charge in [0.25, 0.3) is 5.56 Å². The van der Waals surface area contributed by atoms with Gasteiger partial charge >= 0.3 is 5.97 Å². The summed E-state index contributed by atoms with van der Waals surface area (Å²) in [7, 11) is 0. The Kier molecular flexibility index (Phi) is 5.03. The van der Waals surface area contributed by atoms with Crippen LogP contribution in [0.15, 0.2) is 29.3 Å². The predicted octanol–water partition coefficient (Wildman–Crippen LogP) is 1.37. The third kappa shape index (κ3) is 3.45. The number of fused-ring (bicyclic) bond motifs is 1. The van der Waals surface area contributed by atoms with Gasteiger partial charge in [-0.1, -0.05) is 16.6 Å². The lowest BCUT2D eigenvalue weighted by Gasteiger charge is -2.08. The fraction of sp³-hybridized carbons (Fsp3) is 0.250. The molecule has 0 aliphatic heterocycles. The van der Waals surface area contributed by atoms with E-state index in [9.17, 15) is 14.4 Å². The number of amides is 1. The maximum Gasteiger partial charge on any atom is 0.362 e. The number of ether oxygens (including phenoxy) is 1. The van der Waals surface area contributed by atoms with E-state index in [4.69, 9.17) is 4.74 Å². The third-order valence-corrected chi connectivity index (χ3v) is 4.22. The number of hydrogen-bond donors (Lipinski definition) is 1. The molecule has 0 saturated heterocycles. The second kappa shape index (κ2) is 7.40. The number of aromatic nitrogens is 4. The first kappa shape index (κ1) is 17.7. The van der Waals surface area contributed by atoms with Crippen LogP contribution in [0.5, 0.6) is 0 Å². The van der Waals surface area contributed by atoms with Gasteiger partial charge in [-0.25, -0.2) is 9.78 Å². The van der Waals surface area contributed by atoms with Crippen molar-refractivity contribution in [2.24, 2.45) is 0 Å². The van der Waals surface area contributed by atoms with E-state index in [2.05, 4.69) is 19.9 Å². The van der Waals surface area contributed by atoms with Gasteiger partial charge in [-0.2, -0.15) is 0 Å². The Morgan fingerprint density at radius 1 is 1.35 bits per heavy atom. The molecule has 10 heteroatoms. The summed E-state index contributed by atoms with van der Waals surface area (Å²) in [5, 5.41) is 6.80. The highest BCUT2D eigenvalue weighted by Crippen LogP contribution is 2.18. The van der Waals surface area contributed by atoms with Crippen LogP contribution in [-0.2, 0) is 16.1 Å².